The number of rotatable bonds is 12. The number of ether oxygens (including phenoxy) is 8. The highest BCUT2D eigenvalue weighted by molar-refractivity contribution is 5.89. The topological polar surface area (TPSA) is 226 Å². The fourth-order valence-corrected chi connectivity index (χ4v) is 11.8. The van der Waals surface area contributed by atoms with Gasteiger partial charge in [-0.2, -0.15) is 0 Å². The highest BCUT2D eigenvalue weighted by Gasteiger charge is 2.70. The first kappa shape index (κ1) is 46.5. The summed E-state index contributed by atoms with van der Waals surface area (Å²) in [6, 6.07) is 6.03. The number of methoxy groups -OCH3 is 1. The van der Waals surface area contributed by atoms with Gasteiger partial charge in [-0.1, -0.05) is 38.5 Å². The number of fused-ring (bicyclic) bond motifs is 5. The van der Waals surface area contributed by atoms with E-state index in [-0.39, 0.29) is 42.1 Å². The summed E-state index contributed by atoms with van der Waals surface area (Å²) >= 11 is 0. The summed E-state index contributed by atoms with van der Waals surface area (Å²) in [6.45, 7) is 8.22. The summed E-state index contributed by atoms with van der Waals surface area (Å²) in [4.78, 5) is 38.6. The van der Waals surface area contributed by atoms with Crippen LogP contribution in [0.25, 0.3) is 0 Å². The first-order valence-corrected chi connectivity index (χ1v) is 21.9. The van der Waals surface area contributed by atoms with E-state index < -0.39 is 96.8 Å². The summed E-state index contributed by atoms with van der Waals surface area (Å²) in [5.41, 5.74) is -1.00. The maximum atomic E-state index is 13.4. The van der Waals surface area contributed by atoms with Gasteiger partial charge in [0.1, 0.15) is 35.8 Å². The largest absolute Gasteiger partial charge is 0.497 e. The van der Waals surface area contributed by atoms with Gasteiger partial charge in [0.2, 0.25) is 0 Å². The van der Waals surface area contributed by atoms with Crippen molar-refractivity contribution >= 4 is 17.9 Å². The molecular weight excluding hydrogens is 808 g/mol. The molecule has 1 aromatic rings. The summed E-state index contributed by atoms with van der Waals surface area (Å²) in [5.74, 6) is -1.88. The van der Waals surface area contributed by atoms with E-state index in [4.69, 9.17) is 37.9 Å². The van der Waals surface area contributed by atoms with Gasteiger partial charge in [-0.25, -0.2) is 9.59 Å². The van der Waals surface area contributed by atoms with Crippen molar-refractivity contribution in [3.63, 3.8) is 0 Å². The maximum Gasteiger partial charge on any atom is 0.338 e. The molecule has 2 aliphatic heterocycles. The van der Waals surface area contributed by atoms with Crippen molar-refractivity contribution in [1.82, 2.24) is 0 Å². The number of carbonyl (C=O) groups excluding carboxylic acids is 3. The average Bonchev–Trinajstić information content (AvgIpc) is 3.47. The summed E-state index contributed by atoms with van der Waals surface area (Å²) < 4.78 is 47.2. The molecule has 0 radical (unpaired) electrons. The van der Waals surface area contributed by atoms with Gasteiger partial charge in [-0.15, -0.1) is 0 Å². The number of hydrogen-bond acceptors (Lipinski definition) is 16. The third kappa shape index (κ3) is 8.59. The molecule has 6 aliphatic rings. The molecule has 2 heterocycles. The standard InChI is InChI=1S/C46H64O16/c1-7-8-36(51)56-21-24(2)46(54)35(20-32-30-14-11-27-19-28(48)15-17-44(27,4)31(30)16-18-45(32,46)5)60-43-40(59-25(3)47)38(34(50)23-58-43)62-42-39(37(52)33(49)22-57-42)61-41(53)26-9-12-29(55-6)13-10-26/h7-13,24,28,30-35,37-40,42-43,48-50,52,54H,14-23H2,1-6H3/b8-7+/t24-,28+,30-,31+,32+,33-,34+,35+,37+,38+,39-,40-,42+,43+,44+,45+,46-/m1/s1. The lowest BCUT2D eigenvalue weighted by Gasteiger charge is -2.59. The Kier molecular flexibility index (Phi) is 13.9. The third-order valence-corrected chi connectivity index (χ3v) is 15.2. The van der Waals surface area contributed by atoms with Crippen LogP contribution in [-0.2, 0) is 42.7 Å². The van der Waals surface area contributed by atoms with E-state index in [9.17, 15) is 39.9 Å². The van der Waals surface area contributed by atoms with Crippen LogP contribution in [0.3, 0.4) is 0 Å². The SMILES string of the molecule is C/C=C/C(=O)OC[C@@H](C)[C@@]1(O)[C@@H](O[C@@H]2OC[C@H](O)[C@H](O[C@@H]3OC[C@@H](O)[C@H](O)[C@H]3OC(=O)c3ccc(OC)cc3)[C@H]2OC(C)=O)C[C@H]2[C@@H]3CC=C4C[C@@H](O)CC[C@]4(C)[C@H]3CC[C@@]21C. The van der Waals surface area contributed by atoms with Gasteiger partial charge in [0.15, 0.2) is 24.8 Å². The number of hydrogen-bond donors (Lipinski definition) is 5. The van der Waals surface area contributed by atoms with Crippen LogP contribution in [0.1, 0.15) is 89.9 Å². The Bertz CT molecular complexity index is 1830. The molecule has 3 saturated carbocycles. The fraction of sp³-hybridized carbons (Fsp3) is 0.717. The normalized spacial score (nSPS) is 42.1. The highest BCUT2D eigenvalue weighted by atomic mass is 16.8. The Morgan fingerprint density at radius 2 is 1.60 bits per heavy atom. The van der Waals surface area contributed by atoms with Crippen molar-refractivity contribution in [1.29, 1.82) is 0 Å². The minimum atomic E-state index is -1.66. The first-order valence-electron chi connectivity index (χ1n) is 21.9. The third-order valence-electron chi connectivity index (χ3n) is 15.2. The van der Waals surface area contributed by atoms with Crippen LogP contribution >= 0.6 is 0 Å². The average molecular weight is 873 g/mol. The van der Waals surface area contributed by atoms with Crippen LogP contribution in [0, 0.1) is 34.5 Å². The molecule has 4 aliphatic carbocycles. The van der Waals surface area contributed by atoms with E-state index in [1.807, 2.05) is 6.92 Å². The van der Waals surface area contributed by atoms with E-state index in [1.165, 1.54) is 37.8 Å². The van der Waals surface area contributed by atoms with Crippen LogP contribution in [0.15, 0.2) is 48.1 Å². The molecule has 17 atom stereocenters. The molecule has 16 nitrogen and oxygen atoms in total. The summed E-state index contributed by atoms with van der Waals surface area (Å²) in [7, 11) is 1.48. The van der Waals surface area contributed by atoms with Gasteiger partial charge in [-0.05, 0) is 99.3 Å². The smallest absolute Gasteiger partial charge is 0.338 e. The lowest BCUT2D eigenvalue weighted by molar-refractivity contribution is -0.345. The molecule has 16 heteroatoms. The predicted octanol–water partition coefficient (Wildman–Crippen LogP) is 3.14. The Hall–Kier alpha value is -3.45. The lowest BCUT2D eigenvalue weighted by atomic mass is 9.46. The molecule has 344 valence electrons. The molecular formula is C46H64O16. The molecule has 62 heavy (non-hydrogen) atoms. The van der Waals surface area contributed by atoms with Crippen molar-refractivity contribution in [2.75, 3.05) is 26.9 Å². The molecule has 0 amide bonds. The fourth-order valence-electron chi connectivity index (χ4n) is 11.8. The first-order chi connectivity index (χ1) is 29.4. The number of benzene rings is 1. The zero-order chi connectivity index (χ0) is 44.7. The van der Waals surface area contributed by atoms with E-state index in [0.717, 1.165) is 25.7 Å². The van der Waals surface area contributed by atoms with Crippen molar-refractivity contribution < 1.29 is 77.8 Å². The van der Waals surface area contributed by atoms with Gasteiger partial charge in [0, 0.05) is 24.3 Å². The minimum absolute atomic E-state index is 0.0514. The summed E-state index contributed by atoms with van der Waals surface area (Å²) in [6.07, 6.45) is -3.22. The molecule has 0 spiro atoms. The second-order valence-corrected chi connectivity index (χ2v) is 18.6. The quantitative estimate of drug-likeness (QED) is 0.0880. The number of esters is 3. The van der Waals surface area contributed by atoms with Crippen molar-refractivity contribution in [2.24, 2.45) is 34.5 Å². The van der Waals surface area contributed by atoms with Crippen molar-refractivity contribution in [3.05, 3.63) is 53.6 Å². The Labute approximate surface area is 362 Å². The molecule has 0 bridgehead atoms. The highest BCUT2D eigenvalue weighted by Crippen LogP contribution is 2.69. The maximum absolute atomic E-state index is 13.4. The second kappa shape index (κ2) is 18.6. The number of allylic oxidation sites excluding steroid dienone is 2. The predicted molar refractivity (Wildman–Crippen MR) is 218 cm³/mol. The zero-order valence-corrected chi connectivity index (χ0v) is 36.4. The monoisotopic (exact) mass is 872 g/mol. The van der Waals surface area contributed by atoms with Crippen LogP contribution in [0.5, 0.6) is 5.75 Å². The lowest BCUT2D eigenvalue weighted by Crippen LogP contribution is -2.64. The van der Waals surface area contributed by atoms with Gasteiger partial charge in [-0.3, -0.25) is 4.79 Å². The molecule has 0 aromatic heterocycles. The molecule has 0 unspecified atom stereocenters. The van der Waals surface area contributed by atoms with E-state index >= 15 is 0 Å². The van der Waals surface area contributed by atoms with E-state index in [2.05, 4.69) is 19.9 Å². The van der Waals surface area contributed by atoms with E-state index in [1.54, 1.807) is 25.1 Å². The molecule has 5 fully saturated rings. The Morgan fingerprint density at radius 3 is 2.27 bits per heavy atom. The number of carbonyl (C=O) groups is 3. The van der Waals surface area contributed by atoms with E-state index in [0.29, 0.717) is 30.9 Å². The minimum Gasteiger partial charge on any atom is -0.497 e. The second-order valence-electron chi connectivity index (χ2n) is 18.6. The van der Waals surface area contributed by atoms with Crippen LogP contribution in [-0.4, -0.2) is 137 Å². The van der Waals surface area contributed by atoms with Crippen LogP contribution in [0.2, 0.25) is 0 Å². The number of aliphatic hydroxyl groups excluding tert-OH is 4. The molecule has 7 rings (SSSR count). The Balaban J connectivity index is 1.17. The zero-order valence-electron chi connectivity index (χ0n) is 36.4. The van der Waals surface area contributed by atoms with Gasteiger partial charge >= 0.3 is 17.9 Å². The van der Waals surface area contributed by atoms with Crippen molar-refractivity contribution in [2.45, 2.75) is 147 Å². The molecule has 1 aromatic carbocycles. The van der Waals surface area contributed by atoms with Gasteiger partial charge in [0.05, 0.1) is 44.7 Å². The number of aliphatic hydroxyl groups is 5. The molecule has 2 saturated heterocycles. The van der Waals surface area contributed by atoms with Gasteiger partial charge < -0.3 is 63.4 Å². The summed E-state index contributed by atoms with van der Waals surface area (Å²) in [5, 5.41) is 56.9. The van der Waals surface area contributed by atoms with Crippen LogP contribution < -0.4 is 4.74 Å². The Morgan fingerprint density at radius 1 is 0.903 bits per heavy atom. The van der Waals surface area contributed by atoms with Crippen LogP contribution in [0.4, 0.5) is 0 Å². The van der Waals surface area contributed by atoms with Crippen molar-refractivity contribution in [3.8, 4) is 5.75 Å². The molecule has 5 N–H and O–H groups in total. The van der Waals surface area contributed by atoms with Gasteiger partial charge in [0.25, 0.3) is 0 Å².